The number of piperidine rings is 1. The molecule has 0 saturated carbocycles. The Kier molecular flexibility index (Phi) is 6.71. The van der Waals surface area contributed by atoms with Crippen LogP contribution in [0.1, 0.15) is 30.4 Å². The highest BCUT2D eigenvalue weighted by Gasteiger charge is 2.37. The third-order valence-corrected chi connectivity index (χ3v) is 6.18. The van der Waals surface area contributed by atoms with Crippen molar-refractivity contribution in [3.63, 3.8) is 0 Å². The highest BCUT2D eigenvalue weighted by molar-refractivity contribution is 5.99. The molecule has 1 unspecified atom stereocenters. The maximum atomic E-state index is 13.1. The average molecular weight is 444 g/mol. The number of ether oxygens (including phenoxy) is 1. The summed E-state index contributed by atoms with van der Waals surface area (Å²) >= 11 is 0. The largest absolute Gasteiger partial charge is 0.465 e. The van der Waals surface area contributed by atoms with Crippen molar-refractivity contribution in [2.45, 2.75) is 31.8 Å². The Balaban J connectivity index is 1.47. The number of imidazole rings is 1. The Labute approximate surface area is 185 Å². The van der Waals surface area contributed by atoms with E-state index in [1.165, 1.54) is 4.90 Å². The minimum absolute atomic E-state index is 0.0530. The van der Waals surface area contributed by atoms with Crippen LogP contribution >= 0.6 is 0 Å². The SMILES string of the molecule is CCC(N[C@H]1C[C@@H](C(=O)N2CCOCC2)CN(C(=O)O)C1)C(=O)c1nc2ccccc2[nH]1. The van der Waals surface area contributed by atoms with Gasteiger partial charge in [-0.25, -0.2) is 9.78 Å². The number of carboxylic acid groups (broad SMARTS) is 1. The summed E-state index contributed by atoms with van der Waals surface area (Å²) in [5, 5.41) is 12.9. The molecule has 172 valence electrons. The van der Waals surface area contributed by atoms with Crippen LogP contribution < -0.4 is 5.32 Å². The first kappa shape index (κ1) is 22.2. The molecule has 2 fully saturated rings. The zero-order valence-electron chi connectivity index (χ0n) is 18.1. The third kappa shape index (κ3) is 4.76. The number of para-hydroxylation sites is 2. The highest BCUT2D eigenvalue weighted by Crippen LogP contribution is 2.22. The van der Waals surface area contributed by atoms with Crippen LogP contribution in [-0.2, 0) is 9.53 Å². The predicted octanol–water partition coefficient (Wildman–Crippen LogP) is 1.34. The summed E-state index contributed by atoms with van der Waals surface area (Å²) in [5.41, 5.74) is 1.51. The van der Waals surface area contributed by atoms with E-state index in [1.807, 2.05) is 31.2 Å². The minimum atomic E-state index is -1.06. The van der Waals surface area contributed by atoms with Gasteiger partial charge in [0.25, 0.3) is 0 Å². The van der Waals surface area contributed by atoms with Crippen molar-refractivity contribution in [3.05, 3.63) is 30.1 Å². The number of hydrogen-bond acceptors (Lipinski definition) is 6. The zero-order chi connectivity index (χ0) is 22.7. The Bertz CT molecular complexity index is 953. The quantitative estimate of drug-likeness (QED) is 0.575. The number of benzene rings is 1. The van der Waals surface area contributed by atoms with Gasteiger partial charge in [-0.05, 0) is 25.0 Å². The second-order valence-electron chi connectivity index (χ2n) is 8.35. The number of aromatic nitrogens is 2. The zero-order valence-corrected chi connectivity index (χ0v) is 18.1. The van der Waals surface area contributed by atoms with Crippen LogP contribution in [0.2, 0.25) is 0 Å². The number of rotatable bonds is 6. The monoisotopic (exact) mass is 443 g/mol. The normalized spacial score (nSPS) is 22.7. The Morgan fingerprint density at radius 3 is 2.66 bits per heavy atom. The number of Topliss-reactive ketones (excluding diaryl/α,β-unsaturated/α-hetero) is 1. The molecule has 0 aliphatic carbocycles. The lowest BCUT2D eigenvalue weighted by molar-refractivity contribution is -0.141. The van der Waals surface area contributed by atoms with Gasteiger partial charge in [-0.15, -0.1) is 0 Å². The van der Waals surface area contributed by atoms with Gasteiger partial charge in [0.15, 0.2) is 5.82 Å². The third-order valence-electron chi connectivity index (χ3n) is 6.18. The van der Waals surface area contributed by atoms with Gasteiger partial charge in [-0.2, -0.15) is 0 Å². The van der Waals surface area contributed by atoms with Gasteiger partial charge >= 0.3 is 6.09 Å². The first-order chi connectivity index (χ1) is 15.5. The van der Waals surface area contributed by atoms with Crippen molar-refractivity contribution in [3.8, 4) is 0 Å². The molecule has 2 amide bonds. The predicted molar refractivity (Wildman–Crippen MR) is 117 cm³/mol. The van der Waals surface area contributed by atoms with E-state index >= 15 is 0 Å². The second kappa shape index (κ2) is 9.66. The number of H-pyrrole nitrogens is 1. The number of carbonyl (C=O) groups is 3. The summed E-state index contributed by atoms with van der Waals surface area (Å²) in [5.74, 6) is -0.401. The number of carbonyl (C=O) groups excluding carboxylic acids is 2. The number of aromatic amines is 1. The molecule has 10 nitrogen and oxygen atoms in total. The molecule has 32 heavy (non-hydrogen) atoms. The number of ketones is 1. The lowest BCUT2D eigenvalue weighted by atomic mass is 9.91. The van der Waals surface area contributed by atoms with Crippen molar-refractivity contribution in [2.75, 3.05) is 39.4 Å². The van der Waals surface area contributed by atoms with Gasteiger partial charge in [-0.1, -0.05) is 19.1 Å². The van der Waals surface area contributed by atoms with Gasteiger partial charge in [0, 0.05) is 32.2 Å². The molecule has 3 heterocycles. The Hall–Kier alpha value is -2.98. The van der Waals surface area contributed by atoms with Gasteiger partial charge in [-0.3, -0.25) is 9.59 Å². The summed E-state index contributed by atoms with van der Waals surface area (Å²) in [6.07, 6.45) is -0.0706. The van der Waals surface area contributed by atoms with Crippen LogP contribution in [0.25, 0.3) is 11.0 Å². The smallest absolute Gasteiger partial charge is 0.407 e. The second-order valence-corrected chi connectivity index (χ2v) is 8.35. The molecule has 10 heteroatoms. The fourth-order valence-corrected chi connectivity index (χ4v) is 4.49. The number of likely N-dealkylation sites (tertiary alicyclic amines) is 1. The molecule has 2 saturated heterocycles. The first-order valence-corrected chi connectivity index (χ1v) is 11.1. The van der Waals surface area contributed by atoms with E-state index in [2.05, 4.69) is 15.3 Å². The minimum Gasteiger partial charge on any atom is -0.465 e. The Morgan fingerprint density at radius 2 is 1.97 bits per heavy atom. The lowest BCUT2D eigenvalue weighted by Gasteiger charge is -2.39. The van der Waals surface area contributed by atoms with E-state index in [9.17, 15) is 19.5 Å². The molecule has 4 rings (SSSR count). The summed E-state index contributed by atoms with van der Waals surface area (Å²) < 4.78 is 5.32. The summed E-state index contributed by atoms with van der Waals surface area (Å²) in [7, 11) is 0. The van der Waals surface area contributed by atoms with E-state index in [0.717, 1.165) is 11.0 Å². The van der Waals surface area contributed by atoms with E-state index in [4.69, 9.17) is 4.74 Å². The summed E-state index contributed by atoms with van der Waals surface area (Å²) in [6.45, 7) is 4.31. The molecule has 3 N–H and O–H groups in total. The van der Waals surface area contributed by atoms with E-state index in [1.54, 1.807) is 4.90 Å². The maximum Gasteiger partial charge on any atom is 0.407 e. The van der Waals surface area contributed by atoms with E-state index in [-0.39, 0.29) is 36.6 Å². The molecular formula is C22H29N5O5. The number of nitrogens with zero attached hydrogens (tertiary/aromatic N) is 3. The topological polar surface area (TPSA) is 128 Å². The molecule has 1 aromatic heterocycles. The van der Waals surface area contributed by atoms with Crippen LogP contribution in [0.15, 0.2) is 24.3 Å². The van der Waals surface area contributed by atoms with Crippen LogP contribution in [0, 0.1) is 5.92 Å². The van der Waals surface area contributed by atoms with E-state index < -0.39 is 18.1 Å². The van der Waals surface area contributed by atoms with Crippen LogP contribution in [0.3, 0.4) is 0 Å². The maximum absolute atomic E-state index is 13.1. The number of hydrogen-bond donors (Lipinski definition) is 3. The fourth-order valence-electron chi connectivity index (χ4n) is 4.49. The van der Waals surface area contributed by atoms with Gasteiger partial charge < -0.3 is 29.9 Å². The van der Waals surface area contributed by atoms with Crippen LogP contribution in [0.5, 0.6) is 0 Å². The molecule has 2 aliphatic heterocycles. The van der Waals surface area contributed by atoms with Crippen molar-refractivity contribution < 1.29 is 24.2 Å². The summed E-state index contributed by atoms with van der Waals surface area (Å²) in [4.78, 5) is 48.3. The molecule has 0 radical (unpaired) electrons. The first-order valence-electron chi connectivity index (χ1n) is 11.1. The molecule has 1 aromatic carbocycles. The van der Waals surface area contributed by atoms with Crippen molar-refractivity contribution in [1.82, 2.24) is 25.1 Å². The van der Waals surface area contributed by atoms with Crippen molar-refractivity contribution in [2.24, 2.45) is 5.92 Å². The molecule has 2 aliphatic rings. The van der Waals surface area contributed by atoms with Gasteiger partial charge in [0.2, 0.25) is 11.7 Å². The molecule has 0 spiro atoms. The standard InChI is InChI=1S/C22H29N5O5/c1-2-16(19(28)20-24-17-5-3-4-6-18(17)25-20)23-15-11-14(12-27(13-15)22(30)31)21(29)26-7-9-32-10-8-26/h3-6,14-16,23H,2,7-13H2,1H3,(H,24,25)(H,30,31)/t14-,15+,16?/m1/s1. The number of morpholine rings is 1. The fraction of sp³-hybridized carbons (Fsp3) is 0.545. The Morgan fingerprint density at radius 1 is 1.22 bits per heavy atom. The molecular weight excluding hydrogens is 414 g/mol. The highest BCUT2D eigenvalue weighted by atomic mass is 16.5. The molecule has 0 bridgehead atoms. The molecule has 3 atom stereocenters. The van der Waals surface area contributed by atoms with E-state index in [0.29, 0.717) is 39.1 Å². The van der Waals surface area contributed by atoms with Gasteiger partial charge in [0.1, 0.15) is 0 Å². The van der Waals surface area contributed by atoms with Crippen LogP contribution in [0.4, 0.5) is 4.79 Å². The summed E-state index contributed by atoms with van der Waals surface area (Å²) in [6, 6.07) is 6.59. The number of nitrogens with one attached hydrogen (secondary N) is 2. The number of amides is 2. The van der Waals surface area contributed by atoms with Crippen LogP contribution in [-0.4, -0.2) is 94.1 Å². The lowest BCUT2D eigenvalue weighted by Crippen LogP contribution is -2.57. The van der Waals surface area contributed by atoms with Crippen molar-refractivity contribution in [1.29, 1.82) is 0 Å². The average Bonchev–Trinajstić information content (AvgIpc) is 3.26. The van der Waals surface area contributed by atoms with Crippen molar-refractivity contribution >= 4 is 28.8 Å². The number of fused-ring (bicyclic) bond motifs is 1. The molecule has 2 aromatic rings. The van der Waals surface area contributed by atoms with Gasteiger partial charge in [0.05, 0.1) is 36.2 Å².